The number of ether oxygens (including phenoxy) is 1. The van der Waals surface area contributed by atoms with Crippen LogP contribution in [0.15, 0.2) is 48.5 Å². The molecule has 1 aliphatic rings. The van der Waals surface area contributed by atoms with E-state index in [4.69, 9.17) is 26.2 Å². The summed E-state index contributed by atoms with van der Waals surface area (Å²) in [6.45, 7) is -1.37. The molecule has 4 rings (SSSR count). The molecule has 1 aromatic heterocycles. The van der Waals surface area contributed by atoms with E-state index in [0.717, 1.165) is 18.4 Å². The van der Waals surface area contributed by atoms with Crippen LogP contribution in [0.4, 0.5) is 30.8 Å². The van der Waals surface area contributed by atoms with Crippen molar-refractivity contribution in [3.8, 4) is 18.9 Å². The van der Waals surface area contributed by atoms with Gasteiger partial charge in [0.25, 0.3) is 12.4 Å². The summed E-state index contributed by atoms with van der Waals surface area (Å²) in [5.74, 6) is -1.93. The van der Waals surface area contributed by atoms with Gasteiger partial charge in [-0.3, -0.25) is 19.2 Å². The Morgan fingerprint density at radius 2 is 1.54 bits per heavy atom. The zero-order valence-electron chi connectivity index (χ0n) is 25.4. The summed E-state index contributed by atoms with van der Waals surface area (Å²) < 4.78 is 43.2. The number of hydrogen-bond acceptors (Lipinski definition) is 10. The Balaban J connectivity index is 0.00000151. The first-order valence-corrected chi connectivity index (χ1v) is 14.3. The number of carboxylic acid groups (broad SMARTS) is 1. The van der Waals surface area contributed by atoms with E-state index in [2.05, 4.69) is 54.4 Å². The number of halogens is 4. The number of carbonyl (C=O) groups is 4. The van der Waals surface area contributed by atoms with Crippen LogP contribution in [0.3, 0.4) is 0 Å². The fourth-order valence-electron chi connectivity index (χ4n) is 3.90. The normalized spacial score (nSPS) is 12.3. The second-order valence-electron chi connectivity index (χ2n) is 9.64. The zero-order chi connectivity index (χ0) is 35.7. The van der Waals surface area contributed by atoms with E-state index in [1.54, 1.807) is 24.3 Å². The molecule has 3 aromatic rings. The van der Waals surface area contributed by atoms with Gasteiger partial charge in [-0.1, -0.05) is 23.7 Å². The molecule has 0 spiro atoms. The first-order chi connectivity index (χ1) is 22.9. The second kappa shape index (κ2) is 18.5. The quantitative estimate of drug-likeness (QED) is 0.0706. The minimum absolute atomic E-state index is 0.0182. The Morgan fingerprint density at radius 3 is 2.10 bits per heavy atom. The number of alkyl halides is 3. The van der Waals surface area contributed by atoms with Crippen LogP contribution in [0.2, 0.25) is 5.02 Å². The summed E-state index contributed by atoms with van der Waals surface area (Å²) in [4.78, 5) is 55.7. The highest BCUT2D eigenvalue weighted by Gasteiger charge is 2.45. The number of benzene rings is 2. The van der Waals surface area contributed by atoms with Crippen LogP contribution in [0, 0.1) is 12.8 Å². The molecule has 1 fully saturated rings. The van der Waals surface area contributed by atoms with E-state index in [9.17, 15) is 27.6 Å². The topological polar surface area (TPSA) is 197 Å². The van der Waals surface area contributed by atoms with E-state index >= 15 is 0 Å². The molecule has 256 valence electrons. The molecule has 18 heteroatoms. The standard InChI is InChI=1S/C27H28ClF3N8O4.C2H2.CH2O2/c1-32-21(41)22(42)34-14-2-13-33-20(40)16-3-9-19(10-4-16)35-23-36-24(38-25(37-23)43-15-27(29,30)31)39-26(11-12-26)17-5-7-18(28)8-6-17;1-2;2-1-3/h3-10H,2,11-15H2,1H3,(H,32,41)(H,33,40)(H,34,42)(H2,35,36,37,38,39);1-2H;1H,(H,2,3). The molecule has 1 heterocycles. The molecule has 0 unspecified atom stereocenters. The van der Waals surface area contributed by atoms with Gasteiger partial charge < -0.3 is 36.4 Å². The van der Waals surface area contributed by atoms with Crippen LogP contribution in [0.25, 0.3) is 0 Å². The Labute approximate surface area is 278 Å². The largest absolute Gasteiger partial charge is 0.483 e. The Bertz CT molecular complexity index is 1550. The van der Waals surface area contributed by atoms with Crippen molar-refractivity contribution in [2.45, 2.75) is 31.0 Å². The fraction of sp³-hybridized carbons (Fsp3) is 0.300. The highest BCUT2D eigenvalue weighted by molar-refractivity contribution is 6.35. The van der Waals surface area contributed by atoms with E-state index in [1.807, 2.05) is 12.1 Å². The van der Waals surface area contributed by atoms with Gasteiger partial charge in [-0.25, -0.2) is 0 Å². The van der Waals surface area contributed by atoms with Crippen molar-refractivity contribution in [1.82, 2.24) is 30.9 Å². The maximum Gasteiger partial charge on any atom is 0.422 e. The first-order valence-electron chi connectivity index (χ1n) is 13.9. The third-order valence-corrected chi connectivity index (χ3v) is 6.49. The number of rotatable bonds is 12. The number of likely N-dealkylation sites (N-methyl/N-ethyl adjacent to an activating group) is 1. The number of aromatic nitrogens is 3. The summed E-state index contributed by atoms with van der Waals surface area (Å²) in [6.07, 6.45) is 5.30. The predicted molar refractivity (Wildman–Crippen MR) is 170 cm³/mol. The molecule has 3 amide bonds. The summed E-state index contributed by atoms with van der Waals surface area (Å²) in [5, 5.41) is 20.9. The molecule has 0 saturated heterocycles. The number of anilines is 3. The smallest absolute Gasteiger partial charge is 0.422 e. The summed E-state index contributed by atoms with van der Waals surface area (Å²) >= 11 is 6.00. The van der Waals surface area contributed by atoms with Crippen molar-refractivity contribution in [2.75, 3.05) is 37.4 Å². The average molecular weight is 693 g/mol. The minimum Gasteiger partial charge on any atom is -0.483 e. The molecule has 14 nitrogen and oxygen atoms in total. The maximum absolute atomic E-state index is 12.8. The molecular weight excluding hydrogens is 661 g/mol. The molecule has 1 saturated carbocycles. The summed E-state index contributed by atoms with van der Waals surface area (Å²) in [7, 11) is 1.35. The molecule has 0 bridgehead atoms. The summed E-state index contributed by atoms with van der Waals surface area (Å²) in [6, 6.07) is 12.9. The van der Waals surface area contributed by atoms with Crippen molar-refractivity contribution >= 4 is 53.4 Å². The molecule has 48 heavy (non-hydrogen) atoms. The van der Waals surface area contributed by atoms with Gasteiger partial charge in [0.1, 0.15) is 0 Å². The van der Waals surface area contributed by atoms with Crippen molar-refractivity contribution in [1.29, 1.82) is 0 Å². The number of terminal acetylenes is 1. The number of amides is 3. The lowest BCUT2D eigenvalue weighted by Crippen LogP contribution is -2.39. The third-order valence-electron chi connectivity index (χ3n) is 6.24. The Kier molecular flexibility index (Phi) is 14.9. The van der Waals surface area contributed by atoms with Gasteiger partial charge in [0.05, 0.1) is 5.54 Å². The highest BCUT2D eigenvalue weighted by Crippen LogP contribution is 2.48. The Morgan fingerprint density at radius 1 is 0.958 bits per heavy atom. The van der Waals surface area contributed by atoms with Crippen LogP contribution < -0.4 is 31.3 Å². The molecule has 6 N–H and O–H groups in total. The van der Waals surface area contributed by atoms with Crippen molar-refractivity contribution < 1.29 is 42.2 Å². The predicted octanol–water partition coefficient (Wildman–Crippen LogP) is 3.24. The lowest BCUT2D eigenvalue weighted by atomic mass is 10.1. The molecule has 0 radical (unpaired) electrons. The second-order valence-corrected chi connectivity index (χ2v) is 10.1. The van der Waals surface area contributed by atoms with Crippen molar-refractivity contribution in [3.05, 3.63) is 64.7 Å². The number of carbonyl (C=O) groups excluding carboxylic acids is 3. The van der Waals surface area contributed by atoms with Gasteiger partial charge in [-0.05, 0) is 61.2 Å². The van der Waals surface area contributed by atoms with E-state index in [0.29, 0.717) is 22.7 Å². The molecule has 0 atom stereocenters. The highest BCUT2D eigenvalue weighted by atomic mass is 35.5. The van der Waals surface area contributed by atoms with Gasteiger partial charge in [0, 0.05) is 36.4 Å². The van der Waals surface area contributed by atoms with E-state index in [1.165, 1.54) is 19.2 Å². The third kappa shape index (κ3) is 12.6. The number of nitrogens with zero attached hydrogens (tertiary/aromatic N) is 3. The van der Waals surface area contributed by atoms with Crippen LogP contribution >= 0.6 is 11.6 Å². The van der Waals surface area contributed by atoms with Crippen molar-refractivity contribution in [2.24, 2.45) is 0 Å². The van der Waals surface area contributed by atoms with Crippen LogP contribution in [-0.2, 0) is 19.9 Å². The fourth-order valence-corrected chi connectivity index (χ4v) is 4.02. The van der Waals surface area contributed by atoms with Crippen LogP contribution in [-0.4, -0.2) is 77.2 Å². The van der Waals surface area contributed by atoms with Crippen LogP contribution in [0.1, 0.15) is 35.2 Å². The van der Waals surface area contributed by atoms with Crippen LogP contribution in [0.5, 0.6) is 6.01 Å². The van der Waals surface area contributed by atoms with Gasteiger partial charge in [0.2, 0.25) is 11.9 Å². The van der Waals surface area contributed by atoms with Gasteiger partial charge >= 0.3 is 24.0 Å². The average Bonchev–Trinajstić information content (AvgIpc) is 3.84. The van der Waals surface area contributed by atoms with Gasteiger partial charge in [0.15, 0.2) is 6.61 Å². The molecular formula is C30H32ClF3N8O6. The summed E-state index contributed by atoms with van der Waals surface area (Å²) in [5.41, 5.74) is 1.21. The number of hydrogen-bond donors (Lipinski definition) is 6. The molecule has 0 aliphatic heterocycles. The van der Waals surface area contributed by atoms with Crippen molar-refractivity contribution in [3.63, 3.8) is 0 Å². The number of nitrogens with one attached hydrogen (secondary N) is 5. The lowest BCUT2D eigenvalue weighted by molar-refractivity contribution is -0.154. The maximum atomic E-state index is 12.8. The Hall–Kier alpha value is -5.63. The van der Waals surface area contributed by atoms with Gasteiger partial charge in [-0.2, -0.15) is 28.1 Å². The first kappa shape index (κ1) is 38.6. The van der Waals surface area contributed by atoms with E-state index in [-0.39, 0.29) is 37.4 Å². The SMILES string of the molecule is C#C.CNC(=O)C(=O)NCCCNC(=O)c1ccc(Nc2nc(NC3(c4ccc(Cl)cc4)CC3)nc(OCC(F)(F)F)n2)cc1.O=CO. The zero-order valence-corrected chi connectivity index (χ0v) is 26.2. The van der Waals surface area contributed by atoms with E-state index < -0.39 is 36.1 Å². The molecule has 1 aliphatic carbocycles. The van der Waals surface area contributed by atoms with Gasteiger partial charge in [-0.15, -0.1) is 12.8 Å². The molecule has 2 aromatic carbocycles. The lowest BCUT2D eigenvalue weighted by Gasteiger charge is -2.19. The monoisotopic (exact) mass is 692 g/mol. The minimum atomic E-state index is -4.59.